The van der Waals surface area contributed by atoms with Crippen molar-refractivity contribution in [3.05, 3.63) is 27.3 Å². The van der Waals surface area contributed by atoms with Gasteiger partial charge < -0.3 is 0 Å². The van der Waals surface area contributed by atoms with Gasteiger partial charge in [-0.25, -0.2) is 4.68 Å². The van der Waals surface area contributed by atoms with Gasteiger partial charge in [0.25, 0.3) is 5.69 Å². The van der Waals surface area contributed by atoms with Crippen LogP contribution >= 0.6 is 11.6 Å². The molecule has 0 aliphatic carbocycles. The first-order valence-electron chi connectivity index (χ1n) is 4.30. The van der Waals surface area contributed by atoms with Crippen LogP contribution in [0.2, 0.25) is 5.02 Å². The predicted molar refractivity (Wildman–Crippen MR) is 54.9 cm³/mol. The lowest BCUT2D eigenvalue weighted by Crippen LogP contribution is -1.96. The summed E-state index contributed by atoms with van der Waals surface area (Å²) in [5.41, 5.74) is 1.02. The highest BCUT2D eigenvalue weighted by atomic mass is 35.5. The molecular weight excluding hydrogens is 220 g/mol. The van der Waals surface area contributed by atoms with Crippen molar-refractivity contribution in [3.63, 3.8) is 0 Å². The number of nitrogens with zero attached hydrogens (tertiary/aromatic N) is 4. The van der Waals surface area contributed by atoms with Gasteiger partial charge in [-0.3, -0.25) is 10.1 Å². The third-order valence-corrected chi connectivity index (χ3v) is 2.36. The second-order valence-electron chi connectivity index (χ2n) is 2.96. The third-order valence-electron chi connectivity index (χ3n) is 2.07. The van der Waals surface area contributed by atoms with Crippen LogP contribution in [0.1, 0.15) is 6.92 Å². The van der Waals surface area contributed by atoms with Gasteiger partial charge >= 0.3 is 0 Å². The summed E-state index contributed by atoms with van der Waals surface area (Å²) in [7, 11) is 0. The van der Waals surface area contributed by atoms with E-state index >= 15 is 0 Å². The molecule has 0 saturated carbocycles. The number of rotatable bonds is 2. The monoisotopic (exact) mass is 226 g/mol. The SMILES string of the molecule is CCn1nnc2c(Cl)cc([N+](=O)[O-])cc21. The van der Waals surface area contributed by atoms with Gasteiger partial charge in [0, 0.05) is 18.7 Å². The molecule has 2 rings (SSSR count). The number of hydrogen-bond acceptors (Lipinski definition) is 4. The summed E-state index contributed by atoms with van der Waals surface area (Å²) < 4.78 is 1.56. The van der Waals surface area contributed by atoms with E-state index in [2.05, 4.69) is 10.3 Å². The molecule has 0 atom stereocenters. The zero-order valence-corrected chi connectivity index (χ0v) is 8.60. The smallest absolute Gasteiger partial charge is 0.258 e. The average molecular weight is 227 g/mol. The summed E-state index contributed by atoms with van der Waals surface area (Å²) in [5.74, 6) is 0. The maximum atomic E-state index is 10.6. The molecule has 15 heavy (non-hydrogen) atoms. The third kappa shape index (κ3) is 1.52. The van der Waals surface area contributed by atoms with Crippen LogP contribution in [0.3, 0.4) is 0 Å². The van der Waals surface area contributed by atoms with Crippen LogP contribution in [0.15, 0.2) is 12.1 Å². The van der Waals surface area contributed by atoms with Crippen molar-refractivity contribution in [1.29, 1.82) is 0 Å². The minimum Gasteiger partial charge on any atom is -0.258 e. The van der Waals surface area contributed by atoms with E-state index in [1.165, 1.54) is 12.1 Å². The summed E-state index contributed by atoms with van der Waals surface area (Å²) in [6.45, 7) is 2.47. The second kappa shape index (κ2) is 3.47. The van der Waals surface area contributed by atoms with Crippen molar-refractivity contribution in [1.82, 2.24) is 15.0 Å². The number of aryl methyl sites for hydroxylation is 1. The van der Waals surface area contributed by atoms with Gasteiger partial charge in [0.1, 0.15) is 5.52 Å². The highest BCUT2D eigenvalue weighted by molar-refractivity contribution is 6.35. The second-order valence-corrected chi connectivity index (χ2v) is 3.36. The zero-order chi connectivity index (χ0) is 11.0. The number of hydrogen-bond donors (Lipinski definition) is 0. The van der Waals surface area contributed by atoms with Gasteiger partial charge in [0.05, 0.1) is 15.5 Å². The minimum atomic E-state index is -0.488. The molecule has 0 radical (unpaired) electrons. The molecule has 0 N–H and O–H groups in total. The van der Waals surface area contributed by atoms with Crippen LogP contribution in [-0.4, -0.2) is 19.9 Å². The fourth-order valence-corrected chi connectivity index (χ4v) is 1.60. The predicted octanol–water partition coefficient (Wildman–Crippen LogP) is 2.01. The highest BCUT2D eigenvalue weighted by Gasteiger charge is 2.14. The van der Waals surface area contributed by atoms with E-state index in [4.69, 9.17) is 11.6 Å². The number of aromatic nitrogens is 3. The quantitative estimate of drug-likeness (QED) is 0.580. The Bertz CT molecular complexity index is 537. The summed E-state index contributed by atoms with van der Waals surface area (Å²) in [4.78, 5) is 10.1. The Balaban J connectivity index is 2.77. The van der Waals surface area contributed by atoms with E-state index in [1.807, 2.05) is 6.92 Å². The lowest BCUT2D eigenvalue weighted by atomic mass is 10.3. The summed E-state index contributed by atoms with van der Waals surface area (Å²) in [6.07, 6.45) is 0. The van der Waals surface area contributed by atoms with Crippen LogP contribution in [0.4, 0.5) is 5.69 Å². The van der Waals surface area contributed by atoms with Crippen LogP contribution in [0.5, 0.6) is 0 Å². The molecule has 0 bridgehead atoms. The van der Waals surface area contributed by atoms with E-state index in [1.54, 1.807) is 4.68 Å². The lowest BCUT2D eigenvalue weighted by molar-refractivity contribution is -0.384. The molecular formula is C8H7ClN4O2. The molecule has 0 aliphatic rings. The standard InChI is InChI=1S/C8H7ClN4O2/c1-2-12-7-4-5(13(14)15)3-6(9)8(7)10-11-12/h3-4H,2H2,1H3. The van der Waals surface area contributed by atoms with E-state index < -0.39 is 4.92 Å². The molecule has 0 saturated heterocycles. The van der Waals surface area contributed by atoms with Crippen molar-refractivity contribution < 1.29 is 4.92 Å². The van der Waals surface area contributed by atoms with E-state index in [0.29, 0.717) is 17.6 Å². The molecule has 1 aromatic heterocycles. The van der Waals surface area contributed by atoms with E-state index in [9.17, 15) is 10.1 Å². The molecule has 7 heteroatoms. The van der Waals surface area contributed by atoms with Gasteiger partial charge in [-0.1, -0.05) is 16.8 Å². The molecule has 0 spiro atoms. The van der Waals surface area contributed by atoms with Gasteiger partial charge in [-0.2, -0.15) is 0 Å². The first-order chi connectivity index (χ1) is 7.13. The molecule has 78 valence electrons. The maximum absolute atomic E-state index is 10.6. The van der Waals surface area contributed by atoms with Crippen LogP contribution < -0.4 is 0 Å². The van der Waals surface area contributed by atoms with Gasteiger partial charge in [-0.05, 0) is 6.92 Å². The first-order valence-corrected chi connectivity index (χ1v) is 4.68. The van der Waals surface area contributed by atoms with Gasteiger partial charge in [0.15, 0.2) is 0 Å². The largest absolute Gasteiger partial charge is 0.273 e. The Kier molecular flexibility index (Phi) is 2.28. The number of benzene rings is 1. The number of nitro groups is 1. The van der Waals surface area contributed by atoms with Crippen molar-refractivity contribution >= 4 is 28.3 Å². The van der Waals surface area contributed by atoms with Crippen LogP contribution in [-0.2, 0) is 6.54 Å². The van der Waals surface area contributed by atoms with E-state index in [-0.39, 0.29) is 10.7 Å². The minimum absolute atomic E-state index is 0.0514. The zero-order valence-electron chi connectivity index (χ0n) is 7.85. The Morgan fingerprint density at radius 1 is 1.60 bits per heavy atom. The summed E-state index contributed by atoms with van der Waals surface area (Å²) in [6, 6.07) is 2.70. The Morgan fingerprint density at radius 2 is 2.33 bits per heavy atom. The topological polar surface area (TPSA) is 73.8 Å². The Morgan fingerprint density at radius 3 is 2.93 bits per heavy atom. The highest BCUT2D eigenvalue weighted by Crippen LogP contribution is 2.27. The van der Waals surface area contributed by atoms with Crippen LogP contribution in [0, 0.1) is 10.1 Å². The van der Waals surface area contributed by atoms with Crippen molar-refractivity contribution in [2.45, 2.75) is 13.5 Å². The van der Waals surface area contributed by atoms with E-state index in [0.717, 1.165) is 0 Å². The average Bonchev–Trinajstić information content (AvgIpc) is 2.60. The van der Waals surface area contributed by atoms with Crippen molar-refractivity contribution in [2.24, 2.45) is 0 Å². The van der Waals surface area contributed by atoms with Crippen molar-refractivity contribution in [2.75, 3.05) is 0 Å². The molecule has 1 aromatic carbocycles. The molecule has 0 unspecified atom stereocenters. The fraction of sp³-hybridized carbons (Fsp3) is 0.250. The molecule has 0 fully saturated rings. The molecule has 0 aliphatic heterocycles. The molecule has 1 heterocycles. The normalized spacial score (nSPS) is 10.8. The summed E-state index contributed by atoms with van der Waals surface area (Å²) >= 11 is 5.86. The molecule has 0 amide bonds. The number of fused-ring (bicyclic) bond motifs is 1. The maximum Gasteiger partial charge on any atom is 0.273 e. The lowest BCUT2D eigenvalue weighted by Gasteiger charge is -1.97. The molecule has 6 nitrogen and oxygen atoms in total. The first kappa shape index (κ1) is 9.85. The summed E-state index contributed by atoms with van der Waals surface area (Å²) in [5, 5.41) is 18.5. The van der Waals surface area contributed by atoms with Gasteiger partial charge in [-0.15, -0.1) is 5.10 Å². The Hall–Kier alpha value is -1.69. The Labute approximate surface area is 89.6 Å². The number of halogens is 1. The van der Waals surface area contributed by atoms with Crippen LogP contribution in [0.25, 0.3) is 11.0 Å². The fourth-order valence-electron chi connectivity index (χ4n) is 1.35. The number of non-ortho nitro benzene ring substituents is 1. The van der Waals surface area contributed by atoms with Gasteiger partial charge in [0.2, 0.25) is 0 Å². The molecule has 2 aromatic rings. The van der Waals surface area contributed by atoms with Crippen molar-refractivity contribution in [3.8, 4) is 0 Å². The number of nitro benzene ring substituents is 1.